The summed E-state index contributed by atoms with van der Waals surface area (Å²) in [6, 6.07) is 11.3. The predicted octanol–water partition coefficient (Wildman–Crippen LogP) is 4.53. The smallest absolute Gasteiger partial charge is 0.341 e. The molecule has 1 amide bonds. The predicted molar refractivity (Wildman–Crippen MR) is 102 cm³/mol. The van der Waals surface area contributed by atoms with Crippen LogP contribution in [-0.2, 0) is 9.53 Å². The lowest BCUT2D eigenvalue weighted by molar-refractivity contribution is -0.123. The molecule has 0 aromatic heterocycles. The van der Waals surface area contributed by atoms with Gasteiger partial charge in [0.1, 0.15) is 11.6 Å². The first-order valence-corrected chi connectivity index (χ1v) is 8.81. The van der Waals surface area contributed by atoms with Crippen LogP contribution in [0.2, 0.25) is 0 Å². The van der Waals surface area contributed by atoms with Crippen LogP contribution in [0.3, 0.4) is 0 Å². The molecule has 1 N–H and O–H groups in total. The minimum absolute atomic E-state index is 0.254. The van der Waals surface area contributed by atoms with E-state index in [0.29, 0.717) is 5.69 Å². The maximum Gasteiger partial charge on any atom is 0.341 e. The van der Waals surface area contributed by atoms with Gasteiger partial charge in [-0.1, -0.05) is 32.0 Å². The van der Waals surface area contributed by atoms with Crippen LogP contribution in [-0.4, -0.2) is 25.1 Å². The Bertz CT molecular complexity index is 822. The van der Waals surface area contributed by atoms with E-state index in [4.69, 9.17) is 9.47 Å². The first-order chi connectivity index (χ1) is 12.9. The third-order valence-corrected chi connectivity index (χ3v) is 4.41. The van der Waals surface area contributed by atoms with E-state index in [1.54, 1.807) is 6.07 Å². The summed E-state index contributed by atoms with van der Waals surface area (Å²) < 4.78 is 24.0. The molecule has 0 heterocycles. The van der Waals surface area contributed by atoms with Gasteiger partial charge in [-0.15, -0.1) is 0 Å². The Morgan fingerprint density at radius 2 is 1.85 bits per heavy atom. The maximum atomic E-state index is 14.0. The number of benzene rings is 2. The van der Waals surface area contributed by atoms with Gasteiger partial charge in [0.15, 0.2) is 6.10 Å². The van der Waals surface area contributed by atoms with Gasteiger partial charge >= 0.3 is 5.97 Å². The van der Waals surface area contributed by atoms with Gasteiger partial charge in [0.2, 0.25) is 0 Å². The van der Waals surface area contributed by atoms with Crippen molar-refractivity contribution in [2.45, 2.75) is 39.2 Å². The van der Waals surface area contributed by atoms with Crippen molar-refractivity contribution < 1.29 is 23.5 Å². The zero-order chi connectivity index (χ0) is 20.0. The van der Waals surface area contributed by atoms with Crippen molar-refractivity contribution in [1.29, 1.82) is 0 Å². The van der Waals surface area contributed by atoms with Gasteiger partial charge in [0.05, 0.1) is 12.7 Å². The average molecular weight is 373 g/mol. The van der Waals surface area contributed by atoms with Crippen LogP contribution in [0, 0.1) is 5.82 Å². The molecule has 0 fully saturated rings. The SMILES string of the molecule is CC[C@@H](C)c1ccccc1NC(=O)[C@H](C)OC(=O)c1ccc(OC)cc1F. The van der Waals surface area contributed by atoms with E-state index in [9.17, 15) is 14.0 Å². The Morgan fingerprint density at radius 3 is 2.48 bits per heavy atom. The van der Waals surface area contributed by atoms with Gasteiger partial charge in [0, 0.05) is 11.8 Å². The monoisotopic (exact) mass is 373 g/mol. The molecule has 0 unspecified atom stereocenters. The number of anilines is 1. The average Bonchev–Trinajstić information content (AvgIpc) is 2.67. The molecule has 0 saturated heterocycles. The summed E-state index contributed by atoms with van der Waals surface area (Å²) in [5, 5.41) is 2.79. The molecule has 0 radical (unpaired) electrons. The van der Waals surface area contributed by atoms with Crippen molar-refractivity contribution in [2.24, 2.45) is 0 Å². The van der Waals surface area contributed by atoms with Crippen LogP contribution >= 0.6 is 0 Å². The number of carbonyl (C=O) groups excluding carboxylic acids is 2. The second kappa shape index (κ2) is 9.16. The highest BCUT2D eigenvalue weighted by Crippen LogP contribution is 2.26. The number of esters is 1. The number of hydrogen-bond donors (Lipinski definition) is 1. The van der Waals surface area contributed by atoms with E-state index in [2.05, 4.69) is 19.2 Å². The highest BCUT2D eigenvalue weighted by atomic mass is 19.1. The van der Waals surface area contributed by atoms with Crippen LogP contribution in [0.25, 0.3) is 0 Å². The first-order valence-electron chi connectivity index (χ1n) is 8.81. The van der Waals surface area contributed by atoms with Crippen molar-refractivity contribution in [3.05, 3.63) is 59.4 Å². The van der Waals surface area contributed by atoms with E-state index >= 15 is 0 Å². The second-order valence-electron chi connectivity index (χ2n) is 6.28. The van der Waals surface area contributed by atoms with E-state index in [1.807, 2.05) is 18.2 Å². The van der Waals surface area contributed by atoms with Crippen molar-refractivity contribution in [3.63, 3.8) is 0 Å². The number of rotatable bonds is 7. The number of para-hydroxylation sites is 1. The van der Waals surface area contributed by atoms with Crippen LogP contribution in [0.5, 0.6) is 5.75 Å². The molecular formula is C21H24FNO4. The summed E-state index contributed by atoms with van der Waals surface area (Å²) in [5.41, 5.74) is 1.43. The lowest BCUT2D eigenvalue weighted by Gasteiger charge is -2.18. The summed E-state index contributed by atoms with van der Waals surface area (Å²) in [7, 11) is 1.40. The zero-order valence-corrected chi connectivity index (χ0v) is 15.9. The highest BCUT2D eigenvalue weighted by Gasteiger charge is 2.22. The number of halogens is 1. The highest BCUT2D eigenvalue weighted by molar-refractivity contribution is 5.98. The number of nitrogens with one attached hydrogen (secondary N) is 1. The molecule has 6 heteroatoms. The van der Waals surface area contributed by atoms with Crippen molar-refractivity contribution in [1.82, 2.24) is 0 Å². The summed E-state index contributed by atoms with van der Waals surface area (Å²) in [6.45, 7) is 5.58. The minimum atomic E-state index is -1.08. The van der Waals surface area contributed by atoms with Crippen LogP contribution in [0.15, 0.2) is 42.5 Å². The number of methoxy groups -OCH3 is 1. The number of amides is 1. The maximum absolute atomic E-state index is 14.0. The van der Waals surface area contributed by atoms with Gasteiger partial charge in [-0.25, -0.2) is 9.18 Å². The van der Waals surface area contributed by atoms with Crippen molar-refractivity contribution >= 4 is 17.6 Å². The molecule has 0 aliphatic rings. The van der Waals surface area contributed by atoms with Crippen LogP contribution < -0.4 is 10.1 Å². The van der Waals surface area contributed by atoms with E-state index in [-0.39, 0.29) is 17.2 Å². The molecule has 2 aromatic rings. The largest absolute Gasteiger partial charge is 0.497 e. The summed E-state index contributed by atoms with van der Waals surface area (Å²) in [4.78, 5) is 24.6. The van der Waals surface area contributed by atoms with Crippen molar-refractivity contribution in [3.8, 4) is 5.75 Å². The third-order valence-electron chi connectivity index (χ3n) is 4.41. The molecule has 0 saturated carbocycles. The standard InChI is InChI=1S/C21H24FNO4/c1-5-13(2)16-8-6-7-9-19(16)23-20(24)14(3)27-21(25)17-11-10-15(26-4)12-18(17)22/h6-14H,5H2,1-4H3,(H,23,24)/t13-,14+/m1/s1. The van der Waals surface area contributed by atoms with Gasteiger partial charge in [-0.2, -0.15) is 0 Å². The lowest BCUT2D eigenvalue weighted by Crippen LogP contribution is -2.30. The molecule has 5 nitrogen and oxygen atoms in total. The molecule has 0 bridgehead atoms. The second-order valence-corrected chi connectivity index (χ2v) is 6.28. The summed E-state index contributed by atoms with van der Waals surface area (Å²) >= 11 is 0. The van der Waals surface area contributed by atoms with Crippen molar-refractivity contribution in [2.75, 3.05) is 12.4 Å². The Balaban J connectivity index is 2.07. The first kappa shape index (κ1) is 20.4. The Labute approximate surface area is 158 Å². The molecule has 2 aromatic carbocycles. The normalized spacial score (nSPS) is 12.8. The fourth-order valence-electron chi connectivity index (χ4n) is 2.56. The topological polar surface area (TPSA) is 64.6 Å². The van der Waals surface area contributed by atoms with Gasteiger partial charge < -0.3 is 14.8 Å². The molecular weight excluding hydrogens is 349 g/mol. The lowest BCUT2D eigenvalue weighted by atomic mass is 9.97. The number of carbonyl (C=O) groups is 2. The fourth-order valence-corrected chi connectivity index (χ4v) is 2.56. The molecule has 0 spiro atoms. The van der Waals surface area contributed by atoms with Crippen LogP contribution in [0.4, 0.5) is 10.1 Å². The Kier molecular flexibility index (Phi) is 6.93. The molecule has 2 atom stereocenters. The van der Waals surface area contributed by atoms with Gasteiger partial charge in [-0.05, 0) is 43.0 Å². The molecule has 144 valence electrons. The van der Waals surface area contributed by atoms with E-state index in [1.165, 1.54) is 26.2 Å². The van der Waals surface area contributed by atoms with E-state index < -0.39 is 23.8 Å². The third kappa shape index (κ3) is 5.06. The van der Waals surface area contributed by atoms with Gasteiger partial charge in [0.25, 0.3) is 5.91 Å². The molecule has 0 aliphatic carbocycles. The Morgan fingerprint density at radius 1 is 1.15 bits per heavy atom. The van der Waals surface area contributed by atoms with E-state index in [0.717, 1.165) is 18.1 Å². The Hall–Kier alpha value is -2.89. The summed E-state index contributed by atoms with van der Waals surface area (Å²) in [5.74, 6) is -1.60. The number of ether oxygens (including phenoxy) is 2. The quantitative estimate of drug-likeness (QED) is 0.724. The van der Waals surface area contributed by atoms with Crippen LogP contribution in [0.1, 0.15) is 49.0 Å². The number of hydrogen-bond acceptors (Lipinski definition) is 4. The molecule has 0 aliphatic heterocycles. The molecule has 27 heavy (non-hydrogen) atoms. The minimum Gasteiger partial charge on any atom is -0.497 e. The fraction of sp³-hybridized carbons (Fsp3) is 0.333. The zero-order valence-electron chi connectivity index (χ0n) is 15.9. The van der Waals surface area contributed by atoms with Gasteiger partial charge in [-0.3, -0.25) is 4.79 Å². The molecule has 2 rings (SSSR count). The summed E-state index contributed by atoms with van der Waals surface area (Å²) in [6.07, 6.45) is -0.155.